The van der Waals surface area contributed by atoms with Crippen LogP contribution in [-0.4, -0.2) is 19.6 Å². The molecule has 3 rings (SSSR count). The number of ether oxygens (including phenoxy) is 1. The molecule has 0 aliphatic carbocycles. The van der Waals surface area contributed by atoms with E-state index in [1.807, 2.05) is 13.1 Å². The molecule has 3 aromatic rings. The molecule has 0 unspecified atom stereocenters. The zero-order valence-electron chi connectivity index (χ0n) is 12.1. The molecule has 7 heteroatoms. The fourth-order valence-electron chi connectivity index (χ4n) is 2.19. The highest BCUT2D eigenvalue weighted by atomic mass is 35.5. The Morgan fingerprint density at radius 2 is 2.00 bits per heavy atom. The molecule has 0 fully saturated rings. The topological polar surface area (TPSA) is 44.9 Å². The summed E-state index contributed by atoms with van der Waals surface area (Å²) in [6, 6.07) is 7.98. The largest absolute Gasteiger partial charge is 0.486 e. The van der Waals surface area contributed by atoms with Gasteiger partial charge in [0.05, 0.1) is 5.69 Å². The smallest absolute Gasteiger partial charge is 0.132 e. The summed E-state index contributed by atoms with van der Waals surface area (Å²) >= 11 is 5.94. The van der Waals surface area contributed by atoms with Crippen molar-refractivity contribution in [3.63, 3.8) is 0 Å². The Labute approximate surface area is 131 Å². The maximum absolute atomic E-state index is 13.5. The molecule has 2 heterocycles. The molecule has 1 aromatic carbocycles. The zero-order chi connectivity index (χ0) is 15.7. The summed E-state index contributed by atoms with van der Waals surface area (Å²) < 4.78 is 22.5. The van der Waals surface area contributed by atoms with Crippen molar-refractivity contribution in [2.24, 2.45) is 14.1 Å². The average molecular weight is 321 g/mol. The first-order chi connectivity index (χ1) is 10.5. The van der Waals surface area contributed by atoms with Gasteiger partial charge in [-0.3, -0.25) is 9.36 Å². The molecule has 0 spiro atoms. The van der Waals surface area contributed by atoms with Gasteiger partial charge in [-0.1, -0.05) is 11.6 Å². The van der Waals surface area contributed by atoms with Gasteiger partial charge < -0.3 is 4.74 Å². The minimum atomic E-state index is -0.361. The van der Waals surface area contributed by atoms with E-state index in [4.69, 9.17) is 16.3 Å². The van der Waals surface area contributed by atoms with E-state index in [1.54, 1.807) is 34.7 Å². The first-order valence-corrected chi connectivity index (χ1v) is 7.01. The van der Waals surface area contributed by atoms with Gasteiger partial charge in [0.25, 0.3) is 0 Å². The predicted molar refractivity (Wildman–Crippen MR) is 81.2 cm³/mol. The van der Waals surface area contributed by atoms with Gasteiger partial charge in [0.1, 0.15) is 29.0 Å². The lowest BCUT2D eigenvalue weighted by Crippen LogP contribution is -2.01. The third kappa shape index (κ3) is 2.82. The van der Waals surface area contributed by atoms with Crippen LogP contribution >= 0.6 is 11.6 Å². The molecule has 0 saturated heterocycles. The molecule has 2 aromatic heterocycles. The van der Waals surface area contributed by atoms with Gasteiger partial charge in [-0.15, -0.1) is 0 Å². The molecule has 22 heavy (non-hydrogen) atoms. The van der Waals surface area contributed by atoms with Crippen LogP contribution in [0.4, 0.5) is 4.39 Å². The Kier molecular flexibility index (Phi) is 3.85. The van der Waals surface area contributed by atoms with Crippen molar-refractivity contribution in [1.82, 2.24) is 19.6 Å². The van der Waals surface area contributed by atoms with E-state index in [-0.39, 0.29) is 12.4 Å². The van der Waals surface area contributed by atoms with Crippen molar-refractivity contribution in [2.45, 2.75) is 6.61 Å². The molecule has 0 N–H and O–H groups in total. The lowest BCUT2D eigenvalue weighted by Gasteiger charge is -2.11. The van der Waals surface area contributed by atoms with Gasteiger partial charge in [0, 0.05) is 38.0 Å². The number of aromatic nitrogens is 4. The minimum absolute atomic E-state index is 0.203. The number of nitrogens with zero attached hydrogens (tertiary/aromatic N) is 4. The van der Waals surface area contributed by atoms with E-state index in [0.29, 0.717) is 16.6 Å². The summed E-state index contributed by atoms with van der Waals surface area (Å²) in [5.74, 6) is 0.0744. The van der Waals surface area contributed by atoms with Gasteiger partial charge in [-0.25, -0.2) is 4.39 Å². The number of aryl methyl sites for hydroxylation is 2. The number of halogens is 2. The monoisotopic (exact) mass is 320 g/mol. The summed E-state index contributed by atoms with van der Waals surface area (Å²) in [5.41, 5.74) is 2.28. The van der Waals surface area contributed by atoms with Crippen LogP contribution < -0.4 is 4.74 Å². The average Bonchev–Trinajstić information content (AvgIpc) is 3.03. The maximum atomic E-state index is 13.5. The van der Waals surface area contributed by atoms with Crippen LogP contribution in [0, 0.1) is 5.82 Å². The number of hydrogen-bond acceptors (Lipinski definition) is 3. The van der Waals surface area contributed by atoms with Crippen molar-refractivity contribution < 1.29 is 9.13 Å². The fourth-order valence-corrected chi connectivity index (χ4v) is 2.35. The fraction of sp³-hybridized carbons (Fsp3) is 0.200. The molecule has 0 atom stereocenters. The number of hydrogen-bond donors (Lipinski definition) is 0. The third-order valence-corrected chi connectivity index (χ3v) is 3.64. The molecular formula is C15H14ClFN4O. The van der Waals surface area contributed by atoms with Crippen LogP contribution in [0.2, 0.25) is 5.15 Å². The SMILES string of the molecule is Cn1nc(COc2cc(F)ccc2-c2ccnn2C)cc1Cl. The summed E-state index contributed by atoms with van der Waals surface area (Å²) in [4.78, 5) is 0. The second-order valence-electron chi connectivity index (χ2n) is 4.85. The molecule has 0 aliphatic rings. The summed E-state index contributed by atoms with van der Waals surface area (Å²) in [6.07, 6.45) is 1.68. The van der Waals surface area contributed by atoms with Crippen molar-refractivity contribution >= 4 is 11.6 Å². The normalized spacial score (nSPS) is 10.9. The van der Waals surface area contributed by atoms with Crippen molar-refractivity contribution in [3.05, 3.63) is 53.2 Å². The number of rotatable bonds is 4. The Morgan fingerprint density at radius 3 is 2.64 bits per heavy atom. The summed E-state index contributed by atoms with van der Waals surface area (Å²) in [7, 11) is 3.57. The summed E-state index contributed by atoms with van der Waals surface area (Å²) in [6.45, 7) is 0.203. The molecule has 0 saturated carbocycles. The Bertz CT molecular complexity index is 792. The van der Waals surface area contributed by atoms with Crippen LogP contribution in [0.15, 0.2) is 36.5 Å². The van der Waals surface area contributed by atoms with Gasteiger partial charge in [-0.2, -0.15) is 10.2 Å². The second-order valence-corrected chi connectivity index (χ2v) is 5.24. The van der Waals surface area contributed by atoms with Crippen molar-refractivity contribution in [1.29, 1.82) is 0 Å². The third-order valence-electron chi connectivity index (χ3n) is 3.29. The highest BCUT2D eigenvalue weighted by molar-refractivity contribution is 6.29. The molecule has 0 bridgehead atoms. The highest BCUT2D eigenvalue weighted by Crippen LogP contribution is 2.31. The number of benzene rings is 1. The van der Waals surface area contributed by atoms with Gasteiger partial charge in [-0.05, 0) is 18.2 Å². The molecule has 0 aliphatic heterocycles. The van der Waals surface area contributed by atoms with E-state index in [2.05, 4.69) is 10.2 Å². The van der Waals surface area contributed by atoms with Crippen molar-refractivity contribution in [2.75, 3.05) is 0 Å². The van der Waals surface area contributed by atoms with Gasteiger partial charge >= 0.3 is 0 Å². The van der Waals surface area contributed by atoms with Gasteiger partial charge in [0.2, 0.25) is 0 Å². The first kappa shape index (κ1) is 14.6. The lowest BCUT2D eigenvalue weighted by molar-refractivity contribution is 0.299. The highest BCUT2D eigenvalue weighted by Gasteiger charge is 2.12. The predicted octanol–water partition coefficient (Wildman–Crippen LogP) is 3.19. The van der Waals surface area contributed by atoms with Crippen LogP contribution in [0.5, 0.6) is 5.75 Å². The Hall–Kier alpha value is -2.34. The van der Waals surface area contributed by atoms with E-state index < -0.39 is 0 Å². The minimum Gasteiger partial charge on any atom is -0.486 e. The molecular weight excluding hydrogens is 307 g/mol. The zero-order valence-corrected chi connectivity index (χ0v) is 12.9. The quantitative estimate of drug-likeness (QED) is 0.741. The summed E-state index contributed by atoms with van der Waals surface area (Å²) in [5, 5.41) is 8.85. The van der Waals surface area contributed by atoms with Crippen LogP contribution in [-0.2, 0) is 20.7 Å². The van der Waals surface area contributed by atoms with Gasteiger partial charge in [0.15, 0.2) is 0 Å². The molecule has 0 amide bonds. The van der Waals surface area contributed by atoms with E-state index in [0.717, 1.165) is 11.3 Å². The Morgan fingerprint density at radius 1 is 1.18 bits per heavy atom. The van der Waals surface area contributed by atoms with Crippen molar-refractivity contribution in [3.8, 4) is 17.0 Å². The standard InChI is InChI=1S/C15H14ClFN4O/c1-20-13(5-6-18-20)12-4-3-10(17)7-14(12)22-9-11-8-15(16)21(2)19-11/h3-8H,9H2,1-2H3. The van der Waals surface area contributed by atoms with Crippen LogP contribution in [0.3, 0.4) is 0 Å². The van der Waals surface area contributed by atoms with Crippen LogP contribution in [0.1, 0.15) is 5.69 Å². The van der Waals surface area contributed by atoms with E-state index in [1.165, 1.54) is 12.1 Å². The first-order valence-electron chi connectivity index (χ1n) is 6.64. The lowest BCUT2D eigenvalue weighted by atomic mass is 10.1. The Balaban J connectivity index is 1.89. The van der Waals surface area contributed by atoms with E-state index in [9.17, 15) is 4.39 Å². The van der Waals surface area contributed by atoms with E-state index >= 15 is 0 Å². The molecule has 114 valence electrons. The van der Waals surface area contributed by atoms with Crippen LogP contribution in [0.25, 0.3) is 11.3 Å². The molecule has 5 nitrogen and oxygen atoms in total. The molecule has 0 radical (unpaired) electrons. The second kappa shape index (κ2) is 5.81. The maximum Gasteiger partial charge on any atom is 0.132 e.